The van der Waals surface area contributed by atoms with Crippen LogP contribution in [0.4, 0.5) is 0 Å². The summed E-state index contributed by atoms with van der Waals surface area (Å²) in [6, 6.07) is 0.0109. The van der Waals surface area contributed by atoms with Gasteiger partial charge in [-0.1, -0.05) is 31.9 Å². The van der Waals surface area contributed by atoms with Gasteiger partial charge in [0.05, 0.1) is 11.8 Å². The van der Waals surface area contributed by atoms with Crippen molar-refractivity contribution in [3.8, 4) is 0 Å². The lowest BCUT2D eigenvalue weighted by molar-refractivity contribution is -0.147. The van der Waals surface area contributed by atoms with E-state index in [2.05, 4.69) is 26.1 Å². The molecule has 1 amide bonds. The van der Waals surface area contributed by atoms with Gasteiger partial charge in [0.25, 0.3) is 0 Å². The molecule has 114 valence electrons. The van der Waals surface area contributed by atoms with Gasteiger partial charge >= 0.3 is 5.97 Å². The van der Waals surface area contributed by atoms with Gasteiger partial charge in [-0.3, -0.25) is 9.59 Å². The summed E-state index contributed by atoms with van der Waals surface area (Å²) in [7, 11) is 0. The molecule has 0 fully saturated rings. The van der Waals surface area contributed by atoms with Gasteiger partial charge in [-0.15, -0.1) is 0 Å². The Bertz CT molecular complexity index is 431. The van der Waals surface area contributed by atoms with Gasteiger partial charge in [-0.05, 0) is 39.0 Å². The van der Waals surface area contributed by atoms with E-state index in [0.29, 0.717) is 12.8 Å². The van der Waals surface area contributed by atoms with E-state index in [9.17, 15) is 14.7 Å². The second kappa shape index (κ2) is 5.98. The summed E-state index contributed by atoms with van der Waals surface area (Å²) in [6.07, 6.45) is 1.02. The molecule has 0 radical (unpaired) electrons. The van der Waals surface area contributed by atoms with Crippen molar-refractivity contribution >= 4 is 11.9 Å². The van der Waals surface area contributed by atoms with Crippen molar-refractivity contribution in [1.29, 1.82) is 0 Å². The summed E-state index contributed by atoms with van der Waals surface area (Å²) in [5, 5.41) is 12.3. The fraction of sp³-hybridized carbons (Fsp3) is 0.750. The molecule has 0 aromatic heterocycles. The Balaban J connectivity index is 2.87. The quantitative estimate of drug-likeness (QED) is 0.782. The van der Waals surface area contributed by atoms with Gasteiger partial charge in [0.15, 0.2) is 0 Å². The summed E-state index contributed by atoms with van der Waals surface area (Å²) in [6.45, 7) is 12.1. The van der Waals surface area contributed by atoms with E-state index in [1.807, 2.05) is 20.8 Å². The van der Waals surface area contributed by atoms with Crippen LogP contribution in [-0.2, 0) is 9.59 Å². The predicted octanol–water partition coefficient (Wildman–Crippen LogP) is 2.98. The summed E-state index contributed by atoms with van der Waals surface area (Å²) in [4.78, 5) is 23.8. The topological polar surface area (TPSA) is 66.4 Å². The number of hydrogen-bond acceptors (Lipinski definition) is 2. The molecule has 2 N–H and O–H groups in total. The highest BCUT2D eigenvalue weighted by molar-refractivity contribution is 5.85. The first-order chi connectivity index (χ1) is 9.04. The number of carbonyl (C=O) groups excluding carboxylic acids is 1. The van der Waals surface area contributed by atoms with Gasteiger partial charge in [-0.2, -0.15) is 0 Å². The van der Waals surface area contributed by atoms with Crippen LogP contribution in [0.25, 0.3) is 0 Å². The van der Waals surface area contributed by atoms with Gasteiger partial charge in [0.2, 0.25) is 5.91 Å². The van der Waals surface area contributed by atoms with Gasteiger partial charge in [-0.25, -0.2) is 0 Å². The van der Waals surface area contributed by atoms with E-state index in [0.717, 1.165) is 11.1 Å². The molecule has 0 aliphatic heterocycles. The number of allylic oxidation sites excluding steroid dienone is 2. The monoisotopic (exact) mass is 281 g/mol. The van der Waals surface area contributed by atoms with Crippen LogP contribution < -0.4 is 5.32 Å². The summed E-state index contributed by atoms with van der Waals surface area (Å²) in [5.41, 5.74) is 2.21. The van der Waals surface area contributed by atoms with Crippen molar-refractivity contribution in [3.63, 3.8) is 0 Å². The zero-order valence-electron chi connectivity index (χ0n) is 13.4. The summed E-state index contributed by atoms with van der Waals surface area (Å²) >= 11 is 0. The minimum absolute atomic E-state index is 0.0109. The number of nitrogens with one attached hydrogen (secondary N) is 1. The molecule has 0 aromatic rings. The van der Waals surface area contributed by atoms with Crippen molar-refractivity contribution in [2.45, 2.75) is 60.4 Å². The second-order valence-electron chi connectivity index (χ2n) is 7.12. The fourth-order valence-corrected chi connectivity index (χ4v) is 2.36. The molecule has 0 unspecified atom stereocenters. The smallest absolute Gasteiger partial charge is 0.307 e. The lowest BCUT2D eigenvalue weighted by Gasteiger charge is -2.33. The molecule has 0 heterocycles. The molecule has 1 aliphatic carbocycles. The zero-order chi connectivity index (χ0) is 15.7. The van der Waals surface area contributed by atoms with Crippen molar-refractivity contribution in [2.24, 2.45) is 17.3 Å². The van der Waals surface area contributed by atoms with Crippen molar-refractivity contribution in [1.82, 2.24) is 5.32 Å². The van der Waals surface area contributed by atoms with Crippen molar-refractivity contribution < 1.29 is 14.7 Å². The Morgan fingerprint density at radius 1 is 1.15 bits per heavy atom. The van der Waals surface area contributed by atoms with Crippen LogP contribution in [0.15, 0.2) is 11.1 Å². The van der Waals surface area contributed by atoms with E-state index in [-0.39, 0.29) is 17.4 Å². The third-order valence-corrected chi connectivity index (χ3v) is 4.58. The van der Waals surface area contributed by atoms with Crippen LogP contribution in [0.5, 0.6) is 0 Å². The van der Waals surface area contributed by atoms with E-state index in [1.54, 1.807) is 0 Å². The van der Waals surface area contributed by atoms with Crippen LogP contribution in [0.2, 0.25) is 0 Å². The van der Waals surface area contributed by atoms with Gasteiger partial charge in [0, 0.05) is 6.04 Å². The standard InChI is InChI=1S/C16H27NO3/c1-9-7-12(13(15(19)20)8-10(9)2)14(18)17-11(3)16(4,5)6/h11-13H,7-8H2,1-6H3,(H,17,18)(H,19,20)/t11-,12+,13-/m1/s1. The average molecular weight is 281 g/mol. The van der Waals surface area contributed by atoms with Crippen molar-refractivity contribution in [3.05, 3.63) is 11.1 Å². The average Bonchev–Trinajstić information content (AvgIpc) is 2.30. The Labute approximate surface area is 121 Å². The second-order valence-corrected chi connectivity index (χ2v) is 7.12. The maximum Gasteiger partial charge on any atom is 0.307 e. The van der Waals surface area contributed by atoms with Crippen LogP contribution in [-0.4, -0.2) is 23.0 Å². The largest absolute Gasteiger partial charge is 0.481 e. The molecule has 0 bridgehead atoms. The normalized spacial score (nSPS) is 25.3. The molecule has 0 aromatic carbocycles. The van der Waals surface area contributed by atoms with Gasteiger partial charge < -0.3 is 10.4 Å². The van der Waals surface area contributed by atoms with Crippen molar-refractivity contribution in [2.75, 3.05) is 0 Å². The van der Waals surface area contributed by atoms with Crippen LogP contribution in [0.1, 0.15) is 54.4 Å². The highest BCUT2D eigenvalue weighted by Gasteiger charge is 2.38. The van der Waals surface area contributed by atoms with E-state index in [4.69, 9.17) is 0 Å². The third-order valence-electron chi connectivity index (χ3n) is 4.58. The Morgan fingerprint density at radius 2 is 1.60 bits per heavy atom. The molecule has 20 heavy (non-hydrogen) atoms. The molecule has 3 atom stereocenters. The molecule has 0 spiro atoms. The molecule has 0 saturated heterocycles. The Kier molecular flexibility index (Phi) is 5.00. The van der Waals surface area contributed by atoms with Gasteiger partial charge in [0.1, 0.15) is 0 Å². The predicted molar refractivity (Wildman–Crippen MR) is 79.3 cm³/mol. The number of carboxylic acid groups (broad SMARTS) is 1. The zero-order valence-corrected chi connectivity index (χ0v) is 13.4. The first kappa shape index (κ1) is 16.7. The minimum atomic E-state index is -0.875. The molecule has 0 saturated carbocycles. The molecule has 1 rings (SSSR count). The first-order valence-corrected chi connectivity index (χ1v) is 7.22. The molecular weight excluding hydrogens is 254 g/mol. The lowest BCUT2D eigenvalue weighted by Crippen LogP contribution is -2.47. The number of carbonyl (C=O) groups is 2. The lowest BCUT2D eigenvalue weighted by atomic mass is 9.75. The molecule has 4 heteroatoms. The number of rotatable bonds is 3. The number of carboxylic acids is 1. The number of aliphatic carboxylic acids is 1. The minimum Gasteiger partial charge on any atom is -0.481 e. The Hall–Kier alpha value is -1.32. The fourth-order valence-electron chi connectivity index (χ4n) is 2.36. The number of amides is 1. The Morgan fingerprint density at radius 3 is 2.00 bits per heavy atom. The highest BCUT2D eigenvalue weighted by Crippen LogP contribution is 2.34. The van der Waals surface area contributed by atoms with Crippen LogP contribution in [0.3, 0.4) is 0 Å². The number of hydrogen-bond donors (Lipinski definition) is 2. The van der Waals surface area contributed by atoms with E-state index < -0.39 is 17.8 Å². The molecule has 1 aliphatic rings. The molecular formula is C16H27NO3. The maximum atomic E-state index is 12.4. The van der Waals surface area contributed by atoms with E-state index >= 15 is 0 Å². The van der Waals surface area contributed by atoms with E-state index in [1.165, 1.54) is 0 Å². The summed E-state index contributed by atoms with van der Waals surface area (Å²) < 4.78 is 0. The summed E-state index contributed by atoms with van der Waals surface area (Å²) in [5.74, 6) is -2.07. The third kappa shape index (κ3) is 3.84. The first-order valence-electron chi connectivity index (χ1n) is 7.22. The molecule has 4 nitrogen and oxygen atoms in total. The van der Waals surface area contributed by atoms with Crippen LogP contribution >= 0.6 is 0 Å². The SMILES string of the molecule is CC1=C(C)C[C@@H](C(=O)O)[C@@H](C(=O)N[C@H](C)C(C)(C)C)C1. The van der Waals surface area contributed by atoms with Crippen LogP contribution in [0, 0.1) is 17.3 Å². The maximum absolute atomic E-state index is 12.4. The highest BCUT2D eigenvalue weighted by atomic mass is 16.4.